The third kappa shape index (κ3) is 838. The molecule has 210 valence electrons. The fourth-order valence-electron chi connectivity index (χ4n) is 0. The van der Waals surface area contributed by atoms with E-state index in [1.165, 1.54) is 0 Å². The Morgan fingerprint density at radius 3 is 0.146 bits per heavy atom. The average Bonchev–Trinajstić information content (AvgIpc) is 1.94. The van der Waals surface area contributed by atoms with E-state index in [0.717, 1.165) is 0 Å². The largest absolute Gasteiger partial charge is 1.00 e. The minimum absolute atomic E-state index is 0. The molecule has 0 aromatic rings. The number of halogens is 6. The van der Waals surface area contributed by atoms with Crippen LogP contribution in [0.3, 0.4) is 0 Å². The Bertz CT molecular complexity index is 273. The molecule has 18 radical (unpaired) electrons. The first-order chi connectivity index (χ1) is 12.0. The summed E-state index contributed by atoms with van der Waals surface area (Å²) in [7, 11) is -35.2. The van der Waals surface area contributed by atoms with Crippen LogP contribution in [0.4, 0.5) is 24.6 Å². The Morgan fingerprint density at radius 1 is 0.146 bits per heavy atom. The van der Waals surface area contributed by atoms with Crippen molar-refractivity contribution in [2.45, 2.75) is 0 Å². The summed E-state index contributed by atoms with van der Waals surface area (Å²) in [5.74, 6) is 0. The van der Waals surface area contributed by atoms with Gasteiger partial charge in [-0.15, -0.1) is 0 Å². The standard InChI is InChI=1S/6FO3Si.18Hg/c6*1-5(2,3)4;;;;;;;;;;;;;;;;;;/q6*-3;18*+1. The van der Waals surface area contributed by atoms with E-state index >= 15 is 0 Å². The second-order valence-electron chi connectivity index (χ2n) is 2.89. The summed E-state index contributed by atoms with van der Waals surface area (Å²) in [5, 5.41) is 0. The molecular weight excluding hydrogens is 4180 g/mol. The zero-order valence-electron chi connectivity index (χ0n) is 25.3. The Kier molecular flexibility index (Phi) is 298. The average molecular weight is 4180 g/mol. The minimum Gasteiger partial charge on any atom is -0.857 e. The Balaban J connectivity index is -0.00000000609. The molecule has 0 aliphatic heterocycles. The van der Waals surface area contributed by atoms with E-state index in [4.69, 9.17) is 86.3 Å². The van der Waals surface area contributed by atoms with E-state index in [-0.39, 0.29) is 498 Å². The van der Waals surface area contributed by atoms with E-state index < -0.39 is 54.8 Å². The van der Waals surface area contributed by atoms with Crippen molar-refractivity contribution in [3.05, 3.63) is 0 Å². The van der Waals surface area contributed by atoms with Gasteiger partial charge in [-0.2, -0.15) is 0 Å². The second kappa shape index (κ2) is 90.4. The first kappa shape index (κ1) is 158. The molecule has 48 heteroatoms. The minimum atomic E-state index is -5.86. The summed E-state index contributed by atoms with van der Waals surface area (Å²) in [4.78, 5) is 152. The SMILES string of the molecule is [Hg+].[Hg+].[Hg+].[Hg+].[Hg+].[Hg+].[Hg+].[Hg+].[Hg+].[Hg+].[Hg+].[Hg+].[Hg+].[Hg+].[Hg+].[Hg+].[Hg+].[Hg+].[O-][Si]([O-])([O-])F.[O-][Si]([O-])([O-])F.[O-][Si]([O-])([O-])F.[O-][Si]([O-])([O-])F.[O-][Si]([O-])([O-])F.[O-][Si]([O-])([O-])F. The molecule has 0 aromatic carbocycles. The van der Waals surface area contributed by atoms with Crippen molar-refractivity contribution in [3.63, 3.8) is 0 Å². The van der Waals surface area contributed by atoms with E-state index in [1.54, 1.807) is 0 Å². The topological polar surface area (TPSA) is 415 Å². The Hall–Kier alpha value is 17.0. The van der Waals surface area contributed by atoms with Gasteiger partial charge in [-0.05, 0) is 0 Å². The molecule has 0 N–H and O–H groups in total. The number of hydrogen-bond donors (Lipinski definition) is 0. The van der Waals surface area contributed by atoms with Crippen LogP contribution in [0.1, 0.15) is 0 Å². The molecule has 0 saturated heterocycles. The molecule has 0 aromatic heterocycles. The van der Waals surface area contributed by atoms with Crippen LogP contribution in [-0.2, 0) is 498 Å². The van der Waals surface area contributed by atoms with Crippen LogP contribution in [-0.4, -0.2) is 54.8 Å². The normalized spacial score (nSPS) is 7.50. The molecule has 0 amide bonds. The van der Waals surface area contributed by atoms with Crippen molar-refractivity contribution in [3.8, 4) is 0 Å². The molecule has 0 atom stereocenters. The van der Waals surface area contributed by atoms with Gasteiger partial charge in [-0.3, -0.25) is 0 Å². The van der Waals surface area contributed by atoms with Gasteiger partial charge in [0, 0.05) is 0 Å². The maximum Gasteiger partial charge on any atom is 1.00 e. The molecule has 0 aliphatic carbocycles. The molecule has 18 nitrogen and oxygen atoms in total. The fraction of sp³-hybridized carbons (Fsp3) is 0. The molecule has 0 unspecified atom stereocenters. The van der Waals surface area contributed by atoms with Crippen molar-refractivity contribution in [1.82, 2.24) is 0 Å². The van der Waals surface area contributed by atoms with Crippen LogP contribution in [0.25, 0.3) is 0 Å². The third-order valence-corrected chi connectivity index (χ3v) is 0. The van der Waals surface area contributed by atoms with Gasteiger partial charge in [0.15, 0.2) is 0 Å². The van der Waals surface area contributed by atoms with Gasteiger partial charge in [0.05, 0.1) is 0 Å². The van der Waals surface area contributed by atoms with Gasteiger partial charge in [0.2, 0.25) is 0 Å². The maximum atomic E-state index is 10.2. The van der Waals surface area contributed by atoms with Gasteiger partial charge in [0.1, 0.15) is 0 Å². The van der Waals surface area contributed by atoms with E-state index in [0.29, 0.717) is 0 Å². The van der Waals surface area contributed by atoms with Gasteiger partial charge in [-0.25, -0.2) is 0 Å². The predicted molar refractivity (Wildman–Crippen MR) is 41.2 cm³/mol. The van der Waals surface area contributed by atoms with Gasteiger partial charge in [-0.1, -0.05) is 54.8 Å². The zero-order chi connectivity index (χ0) is 27.0. The molecule has 0 heterocycles. The Labute approximate surface area is 646 Å². The van der Waals surface area contributed by atoms with Crippen molar-refractivity contribution >= 4 is 54.8 Å². The smallest absolute Gasteiger partial charge is 0.857 e. The van der Waals surface area contributed by atoms with Crippen LogP contribution in [0.2, 0.25) is 0 Å². The number of rotatable bonds is 0. The van der Waals surface area contributed by atoms with Crippen LogP contribution in [0.15, 0.2) is 0 Å². The van der Waals surface area contributed by atoms with Gasteiger partial charge < -0.3 is 111 Å². The number of hydrogen-bond acceptors (Lipinski definition) is 18. The molecular formula is F6Hg18O18Si6. The molecule has 0 saturated carbocycles. The summed E-state index contributed by atoms with van der Waals surface area (Å²) in [6.07, 6.45) is 0. The third-order valence-electron chi connectivity index (χ3n) is 0. The molecule has 0 rings (SSSR count). The summed E-state index contributed by atoms with van der Waals surface area (Å²) in [6, 6.07) is 0. The maximum absolute atomic E-state index is 10.2. The fourth-order valence-corrected chi connectivity index (χ4v) is 0. The summed E-state index contributed by atoms with van der Waals surface area (Å²) in [6.45, 7) is 0. The van der Waals surface area contributed by atoms with E-state index in [2.05, 4.69) is 0 Å². The van der Waals surface area contributed by atoms with Gasteiger partial charge in [0.25, 0.3) is 0 Å². The van der Waals surface area contributed by atoms with Crippen molar-refractivity contribution in [2.24, 2.45) is 0 Å². The van der Waals surface area contributed by atoms with Crippen LogP contribution in [0.5, 0.6) is 0 Å². The van der Waals surface area contributed by atoms with E-state index in [1.807, 2.05) is 0 Å². The zero-order valence-corrected chi connectivity index (χ0v) is 130. The monoisotopic (exact) mass is 4210 g/mol. The second-order valence-corrected chi connectivity index (χ2v) is 8.67. The molecule has 0 fully saturated rings. The summed E-state index contributed by atoms with van der Waals surface area (Å²) < 4.78 is 61.0. The summed E-state index contributed by atoms with van der Waals surface area (Å²) >= 11 is 0. The summed E-state index contributed by atoms with van der Waals surface area (Å²) in [5.41, 5.74) is 0. The first-order valence-electron chi connectivity index (χ1n) is 4.81. The molecule has 0 bridgehead atoms. The van der Waals surface area contributed by atoms with Crippen LogP contribution in [0, 0.1) is 0 Å². The Morgan fingerprint density at radius 2 is 0.146 bits per heavy atom. The predicted octanol–water partition coefficient (Wildman–Crippen LogP) is -21.2. The van der Waals surface area contributed by atoms with Crippen LogP contribution < -0.4 is 86.3 Å². The van der Waals surface area contributed by atoms with Crippen molar-refractivity contribution < 1.29 is 609 Å². The molecule has 0 spiro atoms. The van der Waals surface area contributed by atoms with Gasteiger partial charge >= 0.3 is 498 Å². The molecule has 0 aliphatic rings. The molecule has 48 heavy (non-hydrogen) atoms. The van der Waals surface area contributed by atoms with E-state index in [9.17, 15) is 24.6 Å². The first-order valence-corrected chi connectivity index (χ1v) is 14.4. The quantitative estimate of drug-likeness (QED) is 0.123. The van der Waals surface area contributed by atoms with Crippen molar-refractivity contribution in [1.29, 1.82) is 0 Å². The van der Waals surface area contributed by atoms with Crippen molar-refractivity contribution in [2.75, 3.05) is 0 Å². The van der Waals surface area contributed by atoms with Crippen LogP contribution >= 0.6 is 0 Å².